The summed E-state index contributed by atoms with van der Waals surface area (Å²) in [5.74, 6) is -0.751. The van der Waals surface area contributed by atoms with Crippen molar-refractivity contribution in [3.8, 4) is 0 Å². The lowest BCUT2D eigenvalue weighted by molar-refractivity contribution is -0.156. The lowest BCUT2D eigenvalue weighted by Gasteiger charge is -2.21. The molecule has 0 spiro atoms. The van der Waals surface area contributed by atoms with Gasteiger partial charge >= 0.3 is 5.97 Å². The number of ketones is 1. The molecule has 1 aromatic heterocycles. The van der Waals surface area contributed by atoms with Crippen molar-refractivity contribution >= 4 is 54.9 Å². The summed E-state index contributed by atoms with van der Waals surface area (Å²) in [6.45, 7) is 5.27. The largest absolute Gasteiger partial charge is 0.459 e. The van der Waals surface area contributed by atoms with E-state index in [0.717, 1.165) is 7.57 Å². The molecular weight excluding hydrogens is 398 g/mol. The molecule has 0 fully saturated rings. The maximum absolute atomic E-state index is 12.0. The van der Waals surface area contributed by atoms with Crippen LogP contribution in [0.4, 0.5) is 0 Å². The van der Waals surface area contributed by atoms with E-state index in [1.807, 2.05) is 0 Å². The van der Waals surface area contributed by atoms with Gasteiger partial charge in [-0.1, -0.05) is 0 Å². The molecule has 4 nitrogen and oxygen atoms in total. The Morgan fingerprint density at radius 1 is 1.42 bits per heavy atom. The Bertz CT molecular complexity index is 494. The van der Waals surface area contributed by atoms with Crippen molar-refractivity contribution in [2.45, 2.75) is 38.8 Å². The number of halogens is 2. The van der Waals surface area contributed by atoms with Gasteiger partial charge in [0.1, 0.15) is 11.6 Å². The van der Waals surface area contributed by atoms with Crippen molar-refractivity contribution in [3.63, 3.8) is 0 Å². The van der Waals surface area contributed by atoms with Crippen LogP contribution in [0.5, 0.6) is 0 Å². The van der Waals surface area contributed by atoms with Gasteiger partial charge in [-0.05, 0) is 58.7 Å². The van der Waals surface area contributed by atoms with Crippen LogP contribution in [-0.2, 0) is 9.53 Å². The Hall–Kier alpha value is -0.240. The second-order valence-electron chi connectivity index (χ2n) is 5.01. The van der Waals surface area contributed by atoms with E-state index >= 15 is 0 Å². The van der Waals surface area contributed by atoms with Gasteiger partial charge in [-0.25, -0.2) is 0 Å². The normalized spacial score (nSPS) is 13.2. The van der Waals surface area contributed by atoms with Gasteiger partial charge in [0.25, 0.3) is 0 Å². The third-order valence-corrected chi connectivity index (χ3v) is 4.41. The van der Waals surface area contributed by atoms with Gasteiger partial charge in [-0.3, -0.25) is 9.59 Å². The van der Waals surface area contributed by atoms with Crippen molar-refractivity contribution in [3.05, 3.63) is 19.2 Å². The number of rotatable bonds is 4. The van der Waals surface area contributed by atoms with E-state index in [-0.39, 0.29) is 12.2 Å². The fourth-order valence-electron chi connectivity index (χ4n) is 1.30. The molecule has 1 atom stereocenters. The molecule has 19 heavy (non-hydrogen) atoms. The number of nitrogens with two attached hydrogens (primary N) is 1. The average molecular weight is 413 g/mol. The molecule has 0 saturated heterocycles. The van der Waals surface area contributed by atoms with Gasteiger partial charge in [-0.15, -0.1) is 11.3 Å². The van der Waals surface area contributed by atoms with Crippen LogP contribution in [0.15, 0.2) is 13.6 Å². The van der Waals surface area contributed by atoms with Gasteiger partial charge in [0.15, 0.2) is 5.78 Å². The van der Waals surface area contributed by atoms with Crippen molar-refractivity contribution in [2.24, 2.45) is 5.73 Å². The molecule has 1 heterocycles. The zero-order chi connectivity index (χ0) is 14.8. The van der Waals surface area contributed by atoms with Crippen molar-refractivity contribution < 1.29 is 14.3 Å². The standard InChI is InChI=1S/C12H15Br2NO3S/c1-12(2,3)18-11(17)7(15)5-8(16)6-4-9(13)19-10(6)14/h4,7H,5,15H2,1-3H3. The predicted molar refractivity (Wildman–Crippen MR) is 82.5 cm³/mol. The van der Waals surface area contributed by atoms with Crippen LogP contribution in [0.3, 0.4) is 0 Å². The summed E-state index contributed by atoms with van der Waals surface area (Å²) < 4.78 is 6.70. The third-order valence-electron chi connectivity index (χ3n) is 2.07. The first-order chi connectivity index (χ1) is 8.60. The molecule has 1 unspecified atom stereocenters. The van der Waals surface area contributed by atoms with Gasteiger partial charge in [0.2, 0.25) is 0 Å². The highest BCUT2D eigenvalue weighted by Crippen LogP contribution is 2.32. The Morgan fingerprint density at radius 2 is 2.00 bits per heavy atom. The minimum Gasteiger partial charge on any atom is -0.459 e. The molecule has 0 bridgehead atoms. The van der Waals surface area contributed by atoms with E-state index in [0.29, 0.717) is 5.56 Å². The molecule has 2 N–H and O–H groups in total. The quantitative estimate of drug-likeness (QED) is 0.606. The number of ether oxygens (including phenoxy) is 1. The molecule has 106 valence electrons. The first kappa shape index (κ1) is 16.8. The third kappa shape index (κ3) is 5.33. The number of Topliss-reactive ketones (excluding diaryl/α,β-unsaturated/α-hetero) is 1. The van der Waals surface area contributed by atoms with Gasteiger partial charge < -0.3 is 10.5 Å². The minimum atomic E-state index is -0.947. The average Bonchev–Trinajstić information content (AvgIpc) is 2.55. The van der Waals surface area contributed by atoms with Crippen molar-refractivity contribution in [1.29, 1.82) is 0 Å². The Morgan fingerprint density at radius 3 is 2.42 bits per heavy atom. The SMILES string of the molecule is CC(C)(C)OC(=O)C(N)CC(=O)c1cc(Br)sc1Br. The summed E-state index contributed by atoms with van der Waals surface area (Å²) >= 11 is 8.00. The number of hydrogen-bond acceptors (Lipinski definition) is 5. The summed E-state index contributed by atoms with van der Waals surface area (Å²) in [4.78, 5) is 23.7. The van der Waals surface area contributed by atoms with Crippen LogP contribution in [0, 0.1) is 0 Å². The second-order valence-corrected chi connectivity index (χ2v) is 8.75. The molecule has 0 aliphatic heterocycles. The summed E-state index contributed by atoms with van der Waals surface area (Å²) in [6.07, 6.45) is -0.0727. The maximum Gasteiger partial charge on any atom is 0.323 e. The molecule has 0 saturated carbocycles. The molecule has 7 heteroatoms. The number of carbonyl (C=O) groups excluding carboxylic acids is 2. The molecule has 0 amide bonds. The fraction of sp³-hybridized carbons (Fsp3) is 0.500. The number of carbonyl (C=O) groups is 2. The van der Waals surface area contributed by atoms with Gasteiger partial charge in [-0.2, -0.15) is 0 Å². The van der Waals surface area contributed by atoms with Crippen molar-refractivity contribution in [1.82, 2.24) is 0 Å². The van der Waals surface area contributed by atoms with Crippen LogP contribution in [0.25, 0.3) is 0 Å². The van der Waals surface area contributed by atoms with Gasteiger partial charge in [0, 0.05) is 12.0 Å². The first-order valence-corrected chi connectivity index (χ1v) is 7.97. The highest BCUT2D eigenvalue weighted by Gasteiger charge is 2.25. The van der Waals surface area contributed by atoms with Crippen LogP contribution in [0.1, 0.15) is 37.6 Å². The predicted octanol–water partition coefficient (Wildman–Crippen LogP) is 3.51. The molecular formula is C12H15Br2NO3S. The second kappa shape index (κ2) is 6.47. The zero-order valence-electron chi connectivity index (χ0n) is 10.8. The number of hydrogen-bond donors (Lipinski definition) is 1. The summed E-state index contributed by atoms with van der Waals surface area (Å²) in [6, 6.07) is 0.760. The lowest BCUT2D eigenvalue weighted by Crippen LogP contribution is -2.38. The summed E-state index contributed by atoms with van der Waals surface area (Å²) in [5.41, 5.74) is 5.62. The van der Waals surface area contributed by atoms with E-state index in [1.165, 1.54) is 11.3 Å². The molecule has 0 aromatic carbocycles. The van der Waals surface area contributed by atoms with Gasteiger partial charge in [0.05, 0.1) is 7.57 Å². The minimum absolute atomic E-state index is 0.0727. The van der Waals surface area contributed by atoms with E-state index in [1.54, 1.807) is 26.8 Å². The highest BCUT2D eigenvalue weighted by atomic mass is 79.9. The van der Waals surface area contributed by atoms with E-state index < -0.39 is 17.6 Å². The van der Waals surface area contributed by atoms with Crippen LogP contribution >= 0.6 is 43.2 Å². The zero-order valence-corrected chi connectivity index (χ0v) is 14.8. The van der Waals surface area contributed by atoms with Crippen molar-refractivity contribution in [2.75, 3.05) is 0 Å². The fourth-order valence-corrected chi connectivity index (χ4v) is 4.16. The first-order valence-electron chi connectivity index (χ1n) is 5.56. The van der Waals surface area contributed by atoms with E-state index in [9.17, 15) is 9.59 Å². The molecule has 0 radical (unpaired) electrons. The monoisotopic (exact) mass is 411 g/mol. The topological polar surface area (TPSA) is 69.4 Å². The van der Waals surface area contributed by atoms with Crippen LogP contribution in [0.2, 0.25) is 0 Å². The van der Waals surface area contributed by atoms with Crippen LogP contribution in [-0.4, -0.2) is 23.4 Å². The number of thiophene rings is 1. The highest BCUT2D eigenvalue weighted by molar-refractivity contribution is 9.12. The summed E-state index contributed by atoms with van der Waals surface area (Å²) in [7, 11) is 0. The van der Waals surface area contributed by atoms with E-state index in [4.69, 9.17) is 10.5 Å². The molecule has 1 rings (SSSR count). The maximum atomic E-state index is 12.0. The molecule has 0 aliphatic carbocycles. The number of esters is 1. The smallest absolute Gasteiger partial charge is 0.323 e. The lowest BCUT2D eigenvalue weighted by atomic mass is 10.1. The van der Waals surface area contributed by atoms with Crippen LogP contribution < -0.4 is 5.73 Å². The Kier molecular flexibility index (Phi) is 5.73. The summed E-state index contributed by atoms with van der Waals surface area (Å²) in [5, 5.41) is 0. The Labute approximate surface area is 133 Å². The Balaban J connectivity index is 2.67. The molecule has 1 aromatic rings. The molecule has 0 aliphatic rings. The van der Waals surface area contributed by atoms with E-state index in [2.05, 4.69) is 31.9 Å².